The molecule has 0 bridgehead atoms. The van der Waals surface area contributed by atoms with Crippen molar-refractivity contribution in [2.24, 2.45) is 0 Å². The standard InChI is InChI=1S/C15H20BrN3/c1-18(2)9-4-10-19(3)15-7-8-17-14-6-5-12(16)11-13(14)15/h5-8,11H,4,9-10H2,1-3H3. The van der Waals surface area contributed by atoms with Gasteiger partial charge in [0.15, 0.2) is 0 Å². The first-order valence-corrected chi connectivity index (χ1v) is 7.27. The molecule has 19 heavy (non-hydrogen) atoms. The quantitative estimate of drug-likeness (QED) is 0.841. The summed E-state index contributed by atoms with van der Waals surface area (Å²) in [4.78, 5) is 8.94. The number of aromatic nitrogens is 1. The zero-order valence-corrected chi connectivity index (χ0v) is 13.3. The Hall–Kier alpha value is -1.13. The van der Waals surface area contributed by atoms with Crippen LogP contribution in [0.15, 0.2) is 34.9 Å². The maximum Gasteiger partial charge on any atom is 0.0723 e. The molecule has 4 heteroatoms. The largest absolute Gasteiger partial charge is 0.374 e. The Kier molecular flexibility index (Phi) is 4.77. The number of hydrogen-bond donors (Lipinski definition) is 0. The predicted octanol–water partition coefficient (Wildman–Crippen LogP) is 3.39. The number of benzene rings is 1. The summed E-state index contributed by atoms with van der Waals surface area (Å²) in [6.07, 6.45) is 3.04. The fraction of sp³-hybridized carbons (Fsp3) is 0.400. The van der Waals surface area contributed by atoms with Gasteiger partial charge in [0.05, 0.1) is 5.52 Å². The van der Waals surface area contributed by atoms with Crippen LogP contribution < -0.4 is 4.90 Å². The van der Waals surface area contributed by atoms with Crippen molar-refractivity contribution in [3.05, 3.63) is 34.9 Å². The molecule has 1 aromatic carbocycles. The Balaban J connectivity index is 2.21. The van der Waals surface area contributed by atoms with Gasteiger partial charge in [0.2, 0.25) is 0 Å². The molecule has 1 aromatic heterocycles. The molecule has 0 saturated heterocycles. The van der Waals surface area contributed by atoms with E-state index in [0.717, 1.165) is 29.5 Å². The van der Waals surface area contributed by atoms with Crippen LogP contribution in [-0.2, 0) is 0 Å². The molecule has 0 aliphatic carbocycles. The van der Waals surface area contributed by atoms with Gasteiger partial charge in [-0.3, -0.25) is 4.98 Å². The van der Waals surface area contributed by atoms with Crippen LogP contribution in [0.4, 0.5) is 5.69 Å². The molecule has 2 rings (SSSR count). The average molecular weight is 322 g/mol. The summed E-state index contributed by atoms with van der Waals surface area (Å²) in [6, 6.07) is 8.31. The molecule has 102 valence electrons. The number of nitrogens with zero attached hydrogens (tertiary/aromatic N) is 3. The first kappa shape index (κ1) is 14.3. The van der Waals surface area contributed by atoms with Crippen LogP contribution in [0, 0.1) is 0 Å². The summed E-state index contributed by atoms with van der Waals surface area (Å²) in [5.74, 6) is 0. The predicted molar refractivity (Wildman–Crippen MR) is 85.9 cm³/mol. The third-order valence-corrected chi connectivity index (χ3v) is 3.68. The lowest BCUT2D eigenvalue weighted by atomic mass is 10.1. The molecule has 0 N–H and O–H groups in total. The molecular weight excluding hydrogens is 302 g/mol. The minimum absolute atomic E-state index is 1.04. The van der Waals surface area contributed by atoms with E-state index in [1.54, 1.807) is 0 Å². The van der Waals surface area contributed by atoms with Gasteiger partial charge in [0.1, 0.15) is 0 Å². The lowest BCUT2D eigenvalue weighted by Crippen LogP contribution is -2.23. The van der Waals surface area contributed by atoms with Crippen molar-refractivity contribution in [2.45, 2.75) is 6.42 Å². The highest BCUT2D eigenvalue weighted by Gasteiger charge is 2.07. The normalized spacial score (nSPS) is 11.2. The van der Waals surface area contributed by atoms with Crippen LogP contribution in [0.1, 0.15) is 6.42 Å². The number of hydrogen-bond acceptors (Lipinski definition) is 3. The first-order valence-electron chi connectivity index (χ1n) is 6.48. The highest BCUT2D eigenvalue weighted by Crippen LogP contribution is 2.27. The molecule has 0 aliphatic heterocycles. The van der Waals surface area contributed by atoms with Gasteiger partial charge in [-0.2, -0.15) is 0 Å². The molecule has 0 radical (unpaired) electrons. The molecular formula is C15H20BrN3. The lowest BCUT2D eigenvalue weighted by molar-refractivity contribution is 0.402. The van der Waals surface area contributed by atoms with Crippen molar-refractivity contribution in [1.29, 1.82) is 0 Å². The zero-order chi connectivity index (χ0) is 13.8. The summed E-state index contributed by atoms with van der Waals surface area (Å²) >= 11 is 3.53. The van der Waals surface area contributed by atoms with Crippen LogP contribution in [0.25, 0.3) is 10.9 Å². The van der Waals surface area contributed by atoms with Crippen molar-refractivity contribution in [1.82, 2.24) is 9.88 Å². The Bertz CT molecular complexity index is 554. The van der Waals surface area contributed by atoms with E-state index in [9.17, 15) is 0 Å². The summed E-state index contributed by atoms with van der Waals surface area (Å²) in [6.45, 7) is 2.15. The maximum atomic E-state index is 4.42. The SMILES string of the molecule is CN(C)CCCN(C)c1ccnc2ccc(Br)cc12. The Labute approximate surface area is 123 Å². The van der Waals surface area contributed by atoms with Gasteiger partial charge < -0.3 is 9.80 Å². The molecule has 0 fully saturated rings. The van der Waals surface area contributed by atoms with Crippen molar-refractivity contribution in [2.75, 3.05) is 39.1 Å². The van der Waals surface area contributed by atoms with E-state index in [4.69, 9.17) is 0 Å². The smallest absolute Gasteiger partial charge is 0.0723 e. The summed E-state index contributed by atoms with van der Waals surface area (Å²) in [7, 11) is 6.36. The fourth-order valence-electron chi connectivity index (χ4n) is 2.18. The van der Waals surface area contributed by atoms with E-state index in [-0.39, 0.29) is 0 Å². The van der Waals surface area contributed by atoms with Crippen LogP contribution in [0.2, 0.25) is 0 Å². The third kappa shape index (κ3) is 3.67. The highest BCUT2D eigenvalue weighted by atomic mass is 79.9. The second-order valence-electron chi connectivity index (χ2n) is 5.07. The van der Waals surface area contributed by atoms with Crippen molar-refractivity contribution < 1.29 is 0 Å². The molecule has 2 aromatic rings. The van der Waals surface area contributed by atoms with Gasteiger partial charge in [-0.15, -0.1) is 0 Å². The summed E-state index contributed by atoms with van der Waals surface area (Å²) in [5, 5.41) is 1.20. The van der Waals surface area contributed by atoms with E-state index in [1.165, 1.54) is 11.1 Å². The van der Waals surface area contributed by atoms with Crippen molar-refractivity contribution >= 4 is 32.5 Å². The monoisotopic (exact) mass is 321 g/mol. The van der Waals surface area contributed by atoms with Crippen LogP contribution >= 0.6 is 15.9 Å². The molecule has 0 saturated carbocycles. The Morgan fingerprint density at radius 1 is 1.11 bits per heavy atom. The first-order chi connectivity index (χ1) is 9.08. The minimum Gasteiger partial charge on any atom is -0.374 e. The molecule has 0 aliphatic rings. The lowest BCUT2D eigenvalue weighted by Gasteiger charge is -2.22. The molecule has 1 heterocycles. The number of halogens is 1. The second-order valence-corrected chi connectivity index (χ2v) is 5.99. The van der Waals surface area contributed by atoms with Gasteiger partial charge in [-0.25, -0.2) is 0 Å². The van der Waals surface area contributed by atoms with Crippen LogP contribution in [0.3, 0.4) is 0 Å². The van der Waals surface area contributed by atoms with E-state index < -0.39 is 0 Å². The van der Waals surface area contributed by atoms with Crippen LogP contribution in [-0.4, -0.2) is 44.1 Å². The van der Waals surface area contributed by atoms with Crippen molar-refractivity contribution in [3.8, 4) is 0 Å². The molecule has 0 atom stereocenters. The fourth-order valence-corrected chi connectivity index (χ4v) is 2.54. The van der Waals surface area contributed by atoms with E-state index >= 15 is 0 Å². The number of fused-ring (bicyclic) bond motifs is 1. The van der Waals surface area contributed by atoms with E-state index in [0.29, 0.717) is 0 Å². The average Bonchev–Trinajstić information content (AvgIpc) is 2.37. The third-order valence-electron chi connectivity index (χ3n) is 3.19. The van der Waals surface area contributed by atoms with Gasteiger partial charge in [-0.05, 0) is 51.3 Å². The zero-order valence-electron chi connectivity index (χ0n) is 11.7. The maximum absolute atomic E-state index is 4.42. The van der Waals surface area contributed by atoms with Gasteiger partial charge in [-0.1, -0.05) is 15.9 Å². The minimum atomic E-state index is 1.04. The number of anilines is 1. The highest BCUT2D eigenvalue weighted by molar-refractivity contribution is 9.10. The van der Waals surface area contributed by atoms with Gasteiger partial charge in [0.25, 0.3) is 0 Å². The van der Waals surface area contributed by atoms with E-state index in [1.807, 2.05) is 12.3 Å². The summed E-state index contributed by atoms with van der Waals surface area (Å²) < 4.78 is 1.09. The number of rotatable bonds is 5. The van der Waals surface area contributed by atoms with Gasteiger partial charge >= 0.3 is 0 Å². The van der Waals surface area contributed by atoms with E-state index in [2.05, 4.69) is 70.1 Å². The Morgan fingerprint density at radius 3 is 2.63 bits per heavy atom. The molecule has 0 spiro atoms. The number of pyridine rings is 1. The van der Waals surface area contributed by atoms with Crippen LogP contribution in [0.5, 0.6) is 0 Å². The molecule has 3 nitrogen and oxygen atoms in total. The molecule has 0 amide bonds. The Morgan fingerprint density at radius 2 is 1.89 bits per heavy atom. The topological polar surface area (TPSA) is 19.4 Å². The van der Waals surface area contributed by atoms with Gasteiger partial charge in [0, 0.05) is 35.3 Å². The second kappa shape index (κ2) is 6.35. The summed E-state index contributed by atoms with van der Waals surface area (Å²) in [5.41, 5.74) is 2.28. The van der Waals surface area contributed by atoms with Crippen molar-refractivity contribution in [3.63, 3.8) is 0 Å². The molecule has 0 unspecified atom stereocenters.